The van der Waals surface area contributed by atoms with E-state index in [2.05, 4.69) is 0 Å². The lowest BCUT2D eigenvalue weighted by Crippen LogP contribution is -2.00. The maximum atomic E-state index is 13.2. The van der Waals surface area contributed by atoms with Crippen LogP contribution in [0.25, 0.3) is 5.57 Å². The summed E-state index contributed by atoms with van der Waals surface area (Å²) in [5.41, 5.74) is 0.847. The molecule has 2 aromatic carbocycles. The van der Waals surface area contributed by atoms with Gasteiger partial charge in [-0.25, -0.2) is 12.8 Å². The van der Waals surface area contributed by atoms with Gasteiger partial charge >= 0.3 is 0 Å². The van der Waals surface area contributed by atoms with Crippen LogP contribution >= 0.6 is 0 Å². The molecule has 6 heteroatoms. The van der Waals surface area contributed by atoms with Gasteiger partial charge in [0.15, 0.2) is 11.5 Å². The van der Waals surface area contributed by atoms with Crippen molar-refractivity contribution in [2.75, 3.05) is 6.61 Å². The second-order valence-electron chi connectivity index (χ2n) is 4.58. The second-order valence-corrected chi connectivity index (χ2v) is 6.35. The lowest BCUT2D eigenvalue weighted by Gasteiger charge is -2.09. The number of halogens is 1. The van der Waals surface area contributed by atoms with Crippen LogP contribution in [-0.4, -0.2) is 20.1 Å². The van der Waals surface area contributed by atoms with Gasteiger partial charge in [-0.3, -0.25) is 0 Å². The van der Waals surface area contributed by atoms with Crippen LogP contribution in [-0.2, 0) is 9.84 Å². The van der Waals surface area contributed by atoms with E-state index in [-0.39, 0.29) is 23.0 Å². The fourth-order valence-corrected chi connectivity index (χ4v) is 3.64. The van der Waals surface area contributed by atoms with Gasteiger partial charge in [0.1, 0.15) is 12.4 Å². The number of ether oxygens (including phenoxy) is 1. The second kappa shape index (κ2) is 4.89. The van der Waals surface area contributed by atoms with E-state index in [9.17, 15) is 17.9 Å². The third kappa shape index (κ3) is 2.50. The Morgan fingerprint density at radius 1 is 1.14 bits per heavy atom. The molecule has 0 amide bonds. The molecule has 1 aliphatic rings. The molecule has 1 heterocycles. The zero-order chi connectivity index (χ0) is 15.0. The Hall–Kier alpha value is -2.34. The highest BCUT2D eigenvalue weighted by Crippen LogP contribution is 2.35. The molecule has 0 aromatic heterocycles. The third-order valence-electron chi connectivity index (χ3n) is 3.14. The molecule has 108 valence electrons. The number of sulfone groups is 1. The number of hydrogen-bond donors (Lipinski definition) is 1. The molecule has 4 nitrogen and oxygen atoms in total. The molecule has 0 saturated carbocycles. The number of benzene rings is 2. The van der Waals surface area contributed by atoms with E-state index < -0.39 is 15.7 Å². The van der Waals surface area contributed by atoms with Crippen LogP contribution in [0.2, 0.25) is 0 Å². The predicted molar refractivity (Wildman–Crippen MR) is 75.2 cm³/mol. The molecule has 0 spiro atoms. The van der Waals surface area contributed by atoms with E-state index >= 15 is 0 Å². The highest BCUT2D eigenvalue weighted by molar-refractivity contribution is 7.95. The average molecular weight is 306 g/mol. The van der Waals surface area contributed by atoms with Gasteiger partial charge in [-0.2, -0.15) is 0 Å². The van der Waals surface area contributed by atoms with E-state index in [1.165, 1.54) is 18.2 Å². The van der Waals surface area contributed by atoms with Crippen molar-refractivity contribution in [1.82, 2.24) is 0 Å². The van der Waals surface area contributed by atoms with Gasteiger partial charge in [-0.15, -0.1) is 0 Å². The van der Waals surface area contributed by atoms with Crippen LogP contribution in [0.15, 0.2) is 52.8 Å². The fraction of sp³-hybridized carbons (Fsp3) is 0.0667. The summed E-state index contributed by atoms with van der Waals surface area (Å²) >= 11 is 0. The monoisotopic (exact) mass is 306 g/mol. The van der Waals surface area contributed by atoms with Gasteiger partial charge in [-0.05, 0) is 24.3 Å². The molecule has 21 heavy (non-hydrogen) atoms. The Morgan fingerprint density at radius 3 is 2.67 bits per heavy atom. The molecule has 0 aliphatic carbocycles. The lowest BCUT2D eigenvalue weighted by atomic mass is 10.1. The van der Waals surface area contributed by atoms with Crippen molar-refractivity contribution in [3.05, 3.63) is 59.3 Å². The summed E-state index contributed by atoms with van der Waals surface area (Å²) in [6, 6.07) is 10.00. The highest BCUT2D eigenvalue weighted by Gasteiger charge is 2.27. The quantitative estimate of drug-likeness (QED) is 0.947. The molecule has 1 N–H and O–H groups in total. The summed E-state index contributed by atoms with van der Waals surface area (Å²) < 4.78 is 42.5. The van der Waals surface area contributed by atoms with E-state index in [1.807, 2.05) is 0 Å². The van der Waals surface area contributed by atoms with Crippen LogP contribution in [0.1, 0.15) is 5.56 Å². The first kappa shape index (κ1) is 13.6. The fourth-order valence-electron chi connectivity index (χ4n) is 2.16. The van der Waals surface area contributed by atoms with Crippen molar-refractivity contribution in [3.63, 3.8) is 0 Å². The molecule has 2 aromatic rings. The van der Waals surface area contributed by atoms with Gasteiger partial charge < -0.3 is 9.84 Å². The van der Waals surface area contributed by atoms with Crippen molar-refractivity contribution in [1.29, 1.82) is 0 Å². The Labute approximate surface area is 121 Å². The van der Waals surface area contributed by atoms with Crippen LogP contribution in [0, 0.1) is 5.82 Å². The van der Waals surface area contributed by atoms with Crippen molar-refractivity contribution < 1.29 is 22.7 Å². The van der Waals surface area contributed by atoms with E-state index in [0.717, 1.165) is 11.5 Å². The van der Waals surface area contributed by atoms with Crippen molar-refractivity contribution >= 4 is 15.4 Å². The molecule has 0 radical (unpaired) electrons. The minimum Gasteiger partial charge on any atom is -0.504 e. The van der Waals surface area contributed by atoms with Crippen LogP contribution in [0.4, 0.5) is 4.39 Å². The van der Waals surface area contributed by atoms with E-state index in [1.54, 1.807) is 18.2 Å². The van der Waals surface area contributed by atoms with Crippen molar-refractivity contribution in [2.45, 2.75) is 4.90 Å². The number of phenols is 1. The summed E-state index contributed by atoms with van der Waals surface area (Å²) in [7, 11) is -3.64. The third-order valence-corrected chi connectivity index (χ3v) is 4.69. The Kier molecular flexibility index (Phi) is 3.17. The van der Waals surface area contributed by atoms with Gasteiger partial charge in [0.05, 0.1) is 4.90 Å². The standard InChI is InChI=1S/C15H11FO4S/c16-11-5-6-12-10(9-21(18,19)15(12)7-11)8-20-14-4-2-1-3-13(14)17/h1-7,9,17H,8H2. The molecule has 1 aliphatic heterocycles. The molecule has 0 bridgehead atoms. The Balaban J connectivity index is 1.90. The van der Waals surface area contributed by atoms with Crippen LogP contribution in [0.5, 0.6) is 11.5 Å². The zero-order valence-corrected chi connectivity index (χ0v) is 11.6. The first-order valence-electron chi connectivity index (χ1n) is 6.14. The summed E-state index contributed by atoms with van der Waals surface area (Å²) in [5, 5.41) is 10.7. The van der Waals surface area contributed by atoms with Gasteiger partial charge in [0, 0.05) is 16.5 Å². The molecule has 0 saturated heterocycles. The minimum atomic E-state index is -3.64. The Morgan fingerprint density at radius 2 is 1.90 bits per heavy atom. The molecule has 0 atom stereocenters. The van der Waals surface area contributed by atoms with E-state index in [0.29, 0.717) is 11.1 Å². The number of rotatable bonds is 3. The highest BCUT2D eigenvalue weighted by atomic mass is 32.2. The van der Waals surface area contributed by atoms with Gasteiger partial charge in [-0.1, -0.05) is 18.2 Å². The normalized spacial score (nSPS) is 15.4. The van der Waals surface area contributed by atoms with E-state index in [4.69, 9.17) is 4.74 Å². The topological polar surface area (TPSA) is 63.6 Å². The predicted octanol–water partition coefficient (Wildman–Crippen LogP) is 2.74. The van der Waals surface area contributed by atoms with Crippen molar-refractivity contribution in [2.24, 2.45) is 0 Å². The summed E-state index contributed by atoms with van der Waals surface area (Å²) in [6.07, 6.45) is 0. The SMILES string of the molecule is O=S1(=O)C=C(COc2ccccc2O)c2ccc(F)cc21. The van der Waals surface area contributed by atoms with Gasteiger partial charge in [0.2, 0.25) is 9.84 Å². The number of fused-ring (bicyclic) bond motifs is 1. The van der Waals surface area contributed by atoms with Gasteiger partial charge in [0.25, 0.3) is 0 Å². The molecular formula is C15H11FO4S. The summed E-state index contributed by atoms with van der Waals surface area (Å²) in [5.74, 6) is -0.377. The Bertz CT molecular complexity index is 841. The minimum absolute atomic E-state index is 0.0294. The first-order valence-corrected chi connectivity index (χ1v) is 7.68. The number of hydrogen-bond acceptors (Lipinski definition) is 4. The molecular weight excluding hydrogens is 295 g/mol. The number of para-hydroxylation sites is 2. The molecule has 3 rings (SSSR count). The van der Waals surface area contributed by atoms with Crippen LogP contribution in [0.3, 0.4) is 0 Å². The smallest absolute Gasteiger partial charge is 0.200 e. The number of aromatic hydroxyl groups is 1. The first-order chi connectivity index (χ1) is 9.97. The summed E-state index contributed by atoms with van der Waals surface area (Å²) in [6.45, 7) is -0.0323. The lowest BCUT2D eigenvalue weighted by molar-refractivity contribution is 0.341. The molecule has 0 fully saturated rings. The largest absolute Gasteiger partial charge is 0.504 e. The molecule has 0 unspecified atom stereocenters. The van der Waals surface area contributed by atoms with Crippen molar-refractivity contribution in [3.8, 4) is 11.5 Å². The maximum absolute atomic E-state index is 13.2. The maximum Gasteiger partial charge on any atom is 0.200 e. The van der Waals surface area contributed by atoms with Crippen LogP contribution < -0.4 is 4.74 Å². The average Bonchev–Trinajstić information content (AvgIpc) is 2.69. The zero-order valence-electron chi connectivity index (χ0n) is 10.8. The summed E-state index contributed by atoms with van der Waals surface area (Å²) in [4.78, 5) is -0.0571. The number of phenolic OH excluding ortho intramolecular Hbond substituents is 1.